The van der Waals surface area contributed by atoms with E-state index in [2.05, 4.69) is 31.1 Å². The summed E-state index contributed by atoms with van der Waals surface area (Å²) in [6, 6.07) is 9.91. The van der Waals surface area contributed by atoms with Crippen LogP contribution in [0.2, 0.25) is 0 Å². The fourth-order valence-electron chi connectivity index (χ4n) is 1.92. The highest BCUT2D eigenvalue weighted by atomic mass is 79.9. The van der Waals surface area contributed by atoms with Gasteiger partial charge in [-0.15, -0.1) is 11.6 Å². The molecule has 1 aromatic carbocycles. The molecule has 102 valence electrons. The Morgan fingerprint density at radius 3 is 2.90 bits per heavy atom. The van der Waals surface area contributed by atoms with Gasteiger partial charge in [-0.3, -0.25) is 0 Å². The van der Waals surface area contributed by atoms with Gasteiger partial charge in [-0.2, -0.15) is 4.98 Å². The van der Waals surface area contributed by atoms with Crippen molar-refractivity contribution in [1.82, 2.24) is 15.1 Å². The Kier molecular flexibility index (Phi) is 3.98. The first-order valence-electron chi connectivity index (χ1n) is 6.22. The van der Waals surface area contributed by atoms with Crippen LogP contribution in [0.5, 0.6) is 0 Å². The molecule has 0 aliphatic rings. The molecule has 0 bridgehead atoms. The third kappa shape index (κ3) is 2.69. The van der Waals surface area contributed by atoms with Crippen LogP contribution in [0.25, 0.3) is 22.4 Å². The lowest BCUT2D eigenvalue weighted by atomic mass is 10.2. The van der Waals surface area contributed by atoms with Crippen molar-refractivity contribution in [2.75, 3.05) is 5.88 Å². The van der Waals surface area contributed by atoms with Gasteiger partial charge in [-0.05, 0) is 34.5 Å². The molecule has 0 fully saturated rings. The van der Waals surface area contributed by atoms with Gasteiger partial charge in [0.05, 0.1) is 5.52 Å². The SMILES string of the molecule is ClCCCc1nc(-c2nc3ccccc3cc2Br)no1. The molecule has 0 spiro atoms. The van der Waals surface area contributed by atoms with E-state index >= 15 is 0 Å². The number of benzene rings is 1. The minimum Gasteiger partial charge on any atom is -0.339 e. The molecule has 0 amide bonds. The molecule has 0 N–H and O–H groups in total. The third-order valence-corrected chi connectivity index (χ3v) is 3.75. The van der Waals surface area contributed by atoms with Crippen LogP contribution < -0.4 is 0 Å². The summed E-state index contributed by atoms with van der Waals surface area (Å²) in [5.41, 5.74) is 1.59. The highest BCUT2D eigenvalue weighted by Crippen LogP contribution is 2.27. The predicted molar refractivity (Wildman–Crippen MR) is 81.8 cm³/mol. The Hall–Kier alpha value is -1.46. The Balaban J connectivity index is 2.00. The van der Waals surface area contributed by atoms with E-state index in [0.29, 0.717) is 29.7 Å². The average molecular weight is 353 g/mol. The summed E-state index contributed by atoms with van der Waals surface area (Å²) in [6.07, 6.45) is 1.50. The van der Waals surface area contributed by atoms with Crippen molar-refractivity contribution in [3.63, 3.8) is 0 Å². The standard InChI is InChI=1S/C14H11BrClN3O/c15-10-8-9-4-1-2-5-11(9)17-13(10)14-18-12(20-19-14)6-3-7-16/h1-2,4-5,8H,3,6-7H2. The topological polar surface area (TPSA) is 51.8 Å². The van der Waals surface area contributed by atoms with E-state index in [1.54, 1.807) is 0 Å². The van der Waals surface area contributed by atoms with E-state index in [-0.39, 0.29) is 0 Å². The zero-order chi connectivity index (χ0) is 13.9. The number of para-hydroxylation sites is 1. The Bertz CT molecular complexity index is 744. The minimum absolute atomic E-state index is 0.493. The number of rotatable bonds is 4. The molecule has 3 aromatic rings. The van der Waals surface area contributed by atoms with Crippen LogP contribution >= 0.6 is 27.5 Å². The van der Waals surface area contributed by atoms with Crippen molar-refractivity contribution in [3.8, 4) is 11.5 Å². The fourth-order valence-corrected chi connectivity index (χ4v) is 2.56. The van der Waals surface area contributed by atoms with Crippen molar-refractivity contribution in [3.05, 3.63) is 40.7 Å². The van der Waals surface area contributed by atoms with Gasteiger partial charge in [-0.25, -0.2) is 4.98 Å². The van der Waals surface area contributed by atoms with Crippen LogP contribution in [0.3, 0.4) is 0 Å². The summed E-state index contributed by atoms with van der Waals surface area (Å²) in [7, 11) is 0. The Labute approximate surface area is 129 Å². The van der Waals surface area contributed by atoms with E-state index in [1.165, 1.54) is 0 Å². The molecular formula is C14H11BrClN3O. The highest BCUT2D eigenvalue weighted by Gasteiger charge is 2.14. The zero-order valence-electron chi connectivity index (χ0n) is 10.5. The number of fused-ring (bicyclic) bond motifs is 1. The van der Waals surface area contributed by atoms with Gasteiger partial charge in [0.15, 0.2) is 0 Å². The maximum absolute atomic E-state index is 5.66. The molecule has 0 aliphatic carbocycles. The number of hydrogen-bond donors (Lipinski definition) is 0. The number of alkyl halides is 1. The van der Waals surface area contributed by atoms with Crippen LogP contribution in [-0.4, -0.2) is 21.0 Å². The molecule has 4 nitrogen and oxygen atoms in total. The normalized spacial score (nSPS) is 11.1. The van der Waals surface area contributed by atoms with Gasteiger partial charge in [0.2, 0.25) is 11.7 Å². The molecule has 0 radical (unpaired) electrons. The summed E-state index contributed by atoms with van der Waals surface area (Å²) >= 11 is 9.17. The maximum atomic E-state index is 5.66. The van der Waals surface area contributed by atoms with Crippen LogP contribution in [0.4, 0.5) is 0 Å². The first-order valence-corrected chi connectivity index (χ1v) is 7.55. The number of nitrogens with zero attached hydrogens (tertiary/aromatic N) is 3. The predicted octanol–water partition coefficient (Wildman–Crippen LogP) is 4.22. The molecular weight excluding hydrogens is 342 g/mol. The first-order chi connectivity index (χ1) is 9.78. The first kappa shape index (κ1) is 13.5. The average Bonchev–Trinajstić information content (AvgIpc) is 2.93. The maximum Gasteiger partial charge on any atom is 0.227 e. The monoisotopic (exact) mass is 351 g/mol. The fraction of sp³-hybridized carbons (Fsp3) is 0.214. The number of aromatic nitrogens is 3. The molecule has 6 heteroatoms. The lowest BCUT2D eigenvalue weighted by Crippen LogP contribution is -1.91. The van der Waals surface area contributed by atoms with Crippen molar-refractivity contribution in [2.45, 2.75) is 12.8 Å². The van der Waals surface area contributed by atoms with Gasteiger partial charge >= 0.3 is 0 Å². The number of halogens is 2. The summed E-state index contributed by atoms with van der Waals surface area (Å²) in [5.74, 6) is 1.66. The van der Waals surface area contributed by atoms with Crippen LogP contribution in [0.15, 0.2) is 39.3 Å². The number of hydrogen-bond acceptors (Lipinski definition) is 4. The second-order valence-electron chi connectivity index (χ2n) is 4.32. The summed E-state index contributed by atoms with van der Waals surface area (Å²) in [4.78, 5) is 8.94. The lowest BCUT2D eigenvalue weighted by molar-refractivity contribution is 0.378. The van der Waals surface area contributed by atoms with Gasteiger partial charge in [0, 0.05) is 22.2 Å². The van der Waals surface area contributed by atoms with Gasteiger partial charge < -0.3 is 4.52 Å². The van der Waals surface area contributed by atoms with Crippen molar-refractivity contribution in [2.24, 2.45) is 0 Å². The highest BCUT2D eigenvalue weighted by molar-refractivity contribution is 9.10. The third-order valence-electron chi connectivity index (χ3n) is 2.88. The van der Waals surface area contributed by atoms with Crippen molar-refractivity contribution in [1.29, 1.82) is 0 Å². The van der Waals surface area contributed by atoms with Crippen LogP contribution in [-0.2, 0) is 6.42 Å². The molecule has 2 aromatic heterocycles. The van der Waals surface area contributed by atoms with Gasteiger partial charge in [-0.1, -0.05) is 23.4 Å². The molecule has 3 rings (SSSR count). The summed E-state index contributed by atoms with van der Waals surface area (Å²) in [6.45, 7) is 0. The van der Waals surface area contributed by atoms with E-state index in [4.69, 9.17) is 16.1 Å². The Morgan fingerprint density at radius 2 is 2.05 bits per heavy atom. The molecule has 0 saturated carbocycles. The van der Waals surface area contributed by atoms with Crippen LogP contribution in [0.1, 0.15) is 12.3 Å². The van der Waals surface area contributed by atoms with Gasteiger partial charge in [0.1, 0.15) is 5.69 Å². The van der Waals surface area contributed by atoms with Crippen LogP contribution in [0, 0.1) is 0 Å². The summed E-state index contributed by atoms with van der Waals surface area (Å²) < 4.78 is 6.06. The van der Waals surface area contributed by atoms with Gasteiger partial charge in [0.25, 0.3) is 0 Å². The quantitative estimate of drug-likeness (QED) is 0.660. The number of pyridine rings is 1. The lowest BCUT2D eigenvalue weighted by Gasteiger charge is -2.02. The number of aryl methyl sites for hydroxylation is 1. The van der Waals surface area contributed by atoms with Crippen molar-refractivity contribution < 1.29 is 4.52 Å². The largest absolute Gasteiger partial charge is 0.339 e. The molecule has 2 heterocycles. The Morgan fingerprint density at radius 1 is 1.20 bits per heavy atom. The smallest absolute Gasteiger partial charge is 0.227 e. The van der Waals surface area contributed by atoms with E-state index in [0.717, 1.165) is 21.8 Å². The molecule has 20 heavy (non-hydrogen) atoms. The molecule has 0 saturated heterocycles. The second-order valence-corrected chi connectivity index (χ2v) is 5.55. The molecule has 0 atom stereocenters. The van der Waals surface area contributed by atoms with Crippen molar-refractivity contribution >= 4 is 38.4 Å². The van der Waals surface area contributed by atoms with E-state index in [9.17, 15) is 0 Å². The minimum atomic E-state index is 0.493. The van der Waals surface area contributed by atoms with E-state index < -0.39 is 0 Å². The zero-order valence-corrected chi connectivity index (χ0v) is 12.9. The van der Waals surface area contributed by atoms with E-state index in [1.807, 2.05) is 30.3 Å². The molecule has 0 aliphatic heterocycles. The molecule has 0 unspecified atom stereocenters. The second kappa shape index (κ2) is 5.89. The summed E-state index contributed by atoms with van der Waals surface area (Å²) in [5, 5.41) is 5.05.